The molecule has 0 unspecified atom stereocenters. The lowest BCUT2D eigenvalue weighted by Gasteiger charge is -2.28. The van der Waals surface area contributed by atoms with Crippen LogP contribution in [0.2, 0.25) is 0 Å². The fourth-order valence-electron chi connectivity index (χ4n) is 8.09. The van der Waals surface area contributed by atoms with Crippen molar-refractivity contribution in [1.29, 1.82) is 0 Å². The molecule has 12 nitrogen and oxygen atoms in total. The van der Waals surface area contributed by atoms with Gasteiger partial charge in [0.1, 0.15) is 29.3 Å². The van der Waals surface area contributed by atoms with Gasteiger partial charge in [0.15, 0.2) is 0 Å². The second-order valence-corrected chi connectivity index (χ2v) is 18.1. The van der Waals surface area contributed by atoms with E-state index in [9.17, 15) is 22.8 Å². The molecule has 0 bridgehead atoms. The van der Waals surface area contributed by atoms with Crippen molar-refractivity contribution in [2.24, 2.45) is 17.8 Å². The van der Waals surface area contributed by atoms with Crippen LogP contribution in [0.4, 0.5) is 5.82 Å². The molecular formula is C38H51N5O7S. The number of ether oxygens (including phenoxy) is 2. The number of methoxy groups -OCH3 is 1. The number of hydrogen-bond donors (Lipinski definition) is 2. The van der Waals surface area contributed by atoms with Crippen LogP contribution >= 0.6 is 0 Å². The van der Waals surface area contributed by atoms with E-state index in [-0.39, 0.29) is 43.6 Å². The smallest absolute Gasteiger partial charge is 0.259 e. The molecule has 6 atom stereocenters. The first-order valence-corrected chi connectivity index (χ1v) is 20.0. The zero-order valence-electron chi connectivity index (χ0n) is 30.2. The summed E-state index contributed by atoms with van der Waals surface area (Å²) in [4.78, 5) is 50.9. The lowest BCUT2D eigenvalue weighted by atomic mass is 9.91. The number of rotatable bonds is 7. The van der Waals surface area contributed by atoms with Crippen LogP contribution in [0.25, 0.3) is 10.8 Å². The normalized spacial score (nSPS) is 31.5. The Kier molecular flexibility index (Phi) is 9.47. The Bertz CT molecular complexity index is 1840. The van der Waals surface area contributed by atoms with Crippen molar-refractivity contribution in [2.75, 3.05) is 31.6 Å². The average Bonchev–Trinajstić information content (AvgIpc) is 3.83. The fourth-order valence-corrected chi connectivity index (χ4v) is 9.40. The molecule has 2 N–H and O–H groups in total. The highest BCUT2D eigenvalue weighted by Gasteiger charge is 2.63. The van der Waals surface area contributed by atoms with E-state index < -0.39 is 44.3 Å². The molecule has 4 fully saturated rings. The second kappa shape index (κ2) is 13.6. The highest BCUT2D eigenvalue weighted by atomic mass is 32.2. The Morgan fingerprint density at radius 3 is 2.57 bits per heavy atom. The number of hydrogen-bond acceptors (Lipinski definition) is 9. The summed E-state index contributed by atoms with van der Waals surface area (Å²) in [6.45, 7) is 7.87. The van der Waals surface area contributed by atoms with Crippen LogP contribution in [0.5, 0.6) is 11.6 Å². The van der Waals surface area contributed by atoms with Crippen molar-refractivity contribution in [2.45, 2.75) is 107 Å². The Labute approximate surface area is 300 Å². The largest absolute Gasteiger partial charge is 0.497 e. The molecular weight excluding hydrogens is 671 g/mol. The number of nitrogens with one attached hydrogen (secondary N) is 2. The van der Waals surface area contributed by atoms with Gasteiger partial charge in [-0.1, -0.05) is 26.0 Å². The molecule has 7 rings (SSSR count). The molecule has 2 saturated carbocycles. The van der Waals surface area contributed by atoms with Gasteiger partial charge < -0.3 is 24.6 Å². The minimum Gasteiger partial charge on any atom is -0.497 e. The van der Waals surface area contributed by atoms with Crippen molar-refractivity contribution in [3.05, 3.63) is 36.4 Å². The summed E-state index contributed by atoms with van der Waals surface area (Å²) in [5.41, 5.74) is -1.42. The summed E-state index contributed by atoms with van der Waals surface area (Å²) < 4.78 is 39.7. The maximum absolute atomic E-state index is 14.3. The monoisotopic (exact) mass is 721 g/mol. The lowest BCUT2D eigenvalue weighted by molar-refractivity contribution is -0.140. The summed E-state index contributed by atoms with van der Waals surface area (Å²) in [7, 11) is -2.29. The highest BCUT2D eigenvalue weighted by Crippen LogP contribution is 2.47. The van der Waals surface area contributed by atoms with Crippen molar-refractivity contribution < 1.29 is 32.3 Å². The van der Waals surface area contributed by atoms with Gasteiger partial charge in [-0.15, -0.1) is 0 Å². The third-order valence-electron chi connectivity index (χ3n) is 11.7. The third-order valence-corrected chi connectivity index (χ3v) is 13.9. The maximum atomic E-state index is 14.3. The second-order valence-electron chi connectivity index (χ2n) is 15.9. The SMILES string of the molecule is COc1ccc2c(O[C@@H]3C[C@H]4C(=O)N[C@]5(C(=O)NS(=O)(=O)C6(C)CC6)C[C@H]5/C=C\CC[C@@H](C)C[C@@H](C)CC(=O)N4C3)nc(N3CCCC3)cc2c1. The number of anilines is 1. The summed E-state index contributed by atoms with van der Waals surface area (Å²) in [5, 5.41) is 4.68. The predicted molar refractivity (Wildman–Crippen MR) is 194 cm³/mol. The molecule has 0 radical (unpaired) electrons. The van der Waals surface area contributed by atoms with Crippen LogP contribution in [-0.2, 0) is 24.4 Å². The van der Waals surface area contributed by atoms with Gasteiger partial charge >= 0.3 is 0 Å². The van der Waals surface area contributed by atoms with Gasteiger partial charge in [0.05, 0.1) is 18.4 Å². The molecule has 276 valence electrons. The Hall–Kier alpha value is -3.87. The van der Waals surface area contributed by atoms with E-state index in [0.29, 0.717) is 24.6 Å². The van der Waals surface area contributed by atoms with E-state index in [2.05, 4.69) is 28.8 Å². The van der Waals surface area contributed by atoms with E-state index in [1.54, 1.807) is 18.9 Å². The molecule has 4 heterocycles. The first-order valence-electron chi connectivity index (χ1n) is 18.6. The average molecular weight is 722 g/mol. The highest BCUT2D eigenvalue weighted by molar-refractivity contribution is 7.91. The number of sulfonamides is 1. The van der Waals surface area contributed by atoms with Crippen LogP contribution in [0.15, 0.2) is 36.4 Å². The van der Waals surface area contributed by atoms with Gasteiger partial charge in [-0.05, 0) is 99.8 Å². The standard InChI is InChI=1S/C38H51N5O7S/c1-24-9-5-6-10-27-22-38(27,36(46)41-51(47,48)37(3)13-14-37)40-34(45)31-21-29(23-43(31)33(44)18-25(2)17-24)50-35-30-12-11-28(49-4)19-26(30)20-32(39-35)42-15-7-8-16-42/h6,10-12,19-20,24-25,27,29,31H,5,7-9,13-18,21-23H2,1-4H3,(H,40,45)(H,41,46)/b10-6-/t24-,25-,27-,29-,31+,38-/m1/s1. The molecule has 0 spiro atoms. The number of amides is 3. The molecule has 3 aliphatic heterocycles. The molecule has 51 heavy (non-hydrogen) atoms. The number of carbonyl (C=O) groups excluding carboxylic acids is 3. The molecule has 2 aliphatic carbocycles. The van der Waals surface area contributed by atoms with E-state index >= 15 is 0 Å². The summed E-state index contributed by atoms with van der Waals surface area (Å²) in [6, 6.07) is 6.87. The molecule has 1 aromatic carbocycles. The Morgan fingerprint density at radius 2 is 1.84 bits per heavy atom. The van der Waals surface area contributed by atoms with Crippen LogP contribution in [-0.4, -0.2) is 85.2 Å². The van der Waals surface area contributed by atoms with E-state index in [1.165, 1.54) is 0 Å². The number of carbonyl (C=O) groups is 3. The molecule has 5 aliphatic rings. The Balaban J connectivity index is 1.18. The van der Waals surface area contributed by atoms with Gasteiger partial charge in [0.2, 0.25) is 27.7 Å². The van der Waals surface area contributed by atoms with E-state index in [1.807, 2.05) is 36.4 Å². The fraction of sp³-hybridized carbons (Fsp3) is 0.632. The lowest BCUT2D eigenvalue weighted by Crippen LogP contribution is -2.57. The number of allylic oxidation sites excluding steroid dienone is 1. The number of fused-ring (bicyclic) bond motifs is 3. The van der Waals surface area contributed by atoms with E-state index in [0.717, 1.165) is 67.5 Å². The van der Waals surface area contributed by atoms with Gasteiger partial charge in [0, 0.05) is 37.2 Å². The van der Waals surface area contributed by atoms with Gasteiger partial charge in [-0.2, -0.15) is 4.98 Å². The topological polar surface area (TPSA) is 147 Å². The van der Waals surface area contributed by atoms with Gasteiger partial charge in [-0.25, -0.2) is 8.42 Å². The number of aromatic nitrogens is 1. The van der Waals surface area contributed by atoms with Crippen LogP contribution < -0.4 is 24.4 Å². The number of pyridine rings is 1. The summed E-state index contributed by atoms with van der Waals surface area (Å²) >= 11 is 0. The van der Waals surface area contributed by atoms with Crippen molar-refractivity contribution in [3.63, 3.8) is 0 Å². The zero-order valence-corrected chi connectivity index (χ0v) is 31.0. The maximum Gasteiger partial charge on any atom is 0.259 e. The summed E-state index contributed by atoms with van der Waals surface area (Å²) in [5.74, 6) is 0.741. The van der Waals surface area contributed by atoms with Crippen LogP contribution in [0, 0.1) is 17.8 Å². The molecule has 2 aromatic rings. The van der Waals surface area contributed by atoms with Crippen molar-refractivity contribution in [3.8, 4) is 11.6 Å². The minimum absolute atomic E-state index is 0.113. The first kappa shape index (κ1) is 35.5. The minimum atomic E-state index is -3.92. The van der Waals surface area contributed by atoms with E-state index in [4.69, 9.17) is 14.5 Å². The van der Waals surface area contributed by atoms with Gasteiger partial charge in [-0.3, -0.25) is 19.1 Å². The summed E-state index contributed by atoms with van der Waals surface area (Å²) in [6.07, 6.45) is 9.91. The van der Waals surface area contributed by atoms with Gasteiger partial charge in [0.25, 0.3) is 5.91 Å². The van der Waals surface area contributed by atoms with Crippen molar-refractivity contribution in [1.82, 2.24) is 19.9 Å². The molecule has 13 heteroatoms. The first-order chi connectivity index (χ1) is 24.3. The molecule has 1 aromatic heterocycles. The van der Waals surface area contributed by atoms with Crippen LogP contribution in [0.1, 0.15) is 85.0 Å². The number of benzene rings is 1. The third kappa shape index (κ3) is 7.15. The van der Waals surface area contributed by atoms with Crippen molar-refractivity contribution >= 4 is 44.3 Å². The molecule has 2 saturated heterocycles. The quantitative estimate of drug-likeness (QED) is 0.396. The van der Waals surface area contributed by atoms with Crippen LogP contribution in [0.3, 0.4) is 0 Å². The Morgan fingerprint density at radius 1 is 1.08 bits per heavy atom. The molecule has 3 amide bonds. The number of nitrogens with zero attached hydrogens (tertiary/aromatic N) is 3. The predicted octanol–water partition coefficient (Wildman–Crippen LogP) is 4.47. The zero-order chi connectivity index (χ0) is 36.1.